The fourth-order valence-corrected chi connectivity index (χ4v) is 1.63. The highest BCUT2D eigenvalue weighted by atomic mass is 15.1. The summed E-state index contributed by atoms with van der Waals surface area (Å²) in [5, 5.41) is 3.38. The van der Waals surface area contributed by atoms with E-state index in [2.05, 4.69) is 51.2 Å². The fraction of sp³-hybridized carbons (Fsp3) is 0.545. The lowest BCUT2D eigenvalue weighted by atomic mass is 10.2. The van der Waals surface area contributed by atoms with Crippen LogP contribution >= 0.6 is 0 Å². The summed E-state index contributed by atoms with van der Waals surface area (Å²) >= 11 is 0. The Balaban J connectivity index is 2.05. The molecule has 0 aliphatic heterocycles. The second-order valence-corrected chi connectivity index (χ2v) is 4.46. The molecule has 0 spiro atoms. The van der Waals surface area contributed by atoms with E-state index < -0.39 is 0 Å². The van der Waals surface area contributed by atoms with E-state index in [1.807, 2.05) is 0 Å². The van der Waals surface area contributed by atoms with E-state index in [-0.39, 0.29) is 0 Å². The smallest absolute Gasteiger partial charge is 0.182 e. The maximum absolute atomic E-state index is 4.24. The third kappa shape index (κ3) is 2.91. The number of rotatable bonds is 5. The lowest BCUT2D eigenvalue weighted by molar-refractivity contribution is 0.390. The lowest BCUT2D eigenvalue weighted by Crippen LogP contribution is -2.23. The number of fused-ring (bicyclic) bond motifs is 1. The first kappa shape index (κ1) is 11.8. The first-order chi connectivity index (χ1) is 8.16. The van der Waals surface area contributed by atoms with Crippen molar-refractivity contribution in [2.24, 2.45) is 0 Å². The Labute approximate surface area is 100 Å². The summed E-state index contributed by atoms with van der Waals surface area (Å²) in [6, 6.07) is 0.360. The molecular weight excluding hydrogens is 216 g/mol. The number of hydrogen-bond acceptors (Lipinski definition) is 5. The molecule has 17 heavy (non-hydrogen) atoms. The molecule has 2 heterocycles. The summed E-state index contributed by atoms with van der Waals surface area (Å²) in [7, 11) is 4.15. The summed E-state index contributed by atoms with van der Waals surface area (Å²) in [5.74, 6) is 0.818. The van der Waals surface area contributed by atoms with Gasteiger partial charge in [-0.3, -0.25) is 0 Å². The van der Waals surface area contributed by atoms with Gasteiger partial charge in [0.25, 0.3) is 0 Å². The van der Waals surface area contributed by atoms with Crippen molar-refractivity contribution < 1.29 is 0 Å². The van der Waals surface area contributed by atoms with Gasteiger partial charge in [-0.25, -0.2) is 15.0 Å². The number of anilines is 1. The number of aromatic nitrogens is 4. The quantitative estimate of drug-likeness (QED) is 0.811. The minimum absolute atomic E-state index is 0.360. The second kappa shape index (κ2) is 5.09. The summed E-state index contributed by atoms with van der Waals surface area (Å²) in [6.07, 6.45) is 4.23. The van der Waals surface area contributed by atoms with Gasteiger partial charge in [-0.1, -0.05) is 0 Å². The average Bonchev–Trinajstić information content (AvgIpc) is 2.75. The molecule has 1 unspecified atom stereocenters. The van der Waals surface area contributed by atoms with Crippen molar-refractivity contribution in [3.63, 3.8) is 0 Å². The van der Waals surface area contributed by atoms with Crippen LogP contribution in [0.2, 0.25) is 0 Å². The Morgan fingerprint density at radius 3 is 2.94 bits per heavy atom. The maximum atomic E-state index is 4.24. The number of nitrogens with one attached hydrogen (secondary N) is 2. The summed E-state index contributed by atoms with van der Waals surface area (Å²) in [6.45, 7) is 3.19. The number of hydrogen-bond donors (Lipinski definition) is 2. The van der Waals surface area contributed by atoms with E-state index in [0.717, 1.165) is 24.3 Å². The van der Waals surface area contributed by atoms with Crippen LogP contribution in [0.5, 0.6) is 0 Å². The lowest BCUT2D eigenvalue weighted by Gasteiger charge is -2.17. The molecule has 0 saturated heterocycles. The van der Waals surface area contributed by atoms with Crippen LogP contribution in [0.4, 0.5) is 5.82 Å². The molecule has 0 fully saturated rings. The molecule has 1 atom stereocenters. The topological polar surface area (TPSA) is 69.7 Å². The zero-order chi connectivity index (χ0) is 12.3. The molecule has 0 radical (unpaired) electrons. The molecule has 0 bridgehead atoms. The van der Waals surface area contributed by atoms with Gasteiger partial charge in [0.1, 0.15) is 11.8 Å². The Morgan fingerprint density at radius 2 is 2.18 bits per heavy atom. The second-order valence-electron chi connectivity index (χ2n) is 4.46. The van der Waals surface area contributed by atoms with Gasteiger partial charge in [0, 0.05) is 6.04 Å². The van der Waals surface area contributed by atoms with Gasteiger partial charge in [-0.2, -0.15) is 0 Å². The third-order valence-corrected chi connectivity index (χ3v) is 2.62. The summed E-state index contributed by atoms with van der Waals surface area (Å²) < 4.78 is 0. The maximum Gasteiger partial charge on any atom is 0.182 e. The summed E-state index contributed by atoms with van der Waals surface area (Å²) in [4.78, 5) is 17.6. The van der Waals surface area contributed by atoms with Crippen molar-refractivity contribution in [3.05, 3.63) is 12.7 Å². The normalized spacial score (nSPS) is 13.2. The molecular formula is C11H18N6. The number of imidazole rings is 1. The molecule has 0 aliphatic carbocycles. The van der Waals surface area contributed by atoms with E-state index in [4.69, 9.17) is 0 Å². The molecule has 0 amide bonds. The van der Waals surface area contributed by atoms with Crippen LogP contribution in [0.15, 0.2) is 12.7 Å². The van der Waals surface area contributed by atoms with E-state index in [1.54, 1.807) is 6.33 Å². The van der Waals surface area contributed by atoms with Crippen LogP contribution in [0.25, 0.3) is 11.2 Å². The zero-order valence-corrected chi connectivity index (χ0v) is 10.4. The Hall–Kier alpha value is -1.69. The van der Waals surface area contributed by atoms with E-state index in [9.17, 15) is 0 Å². The van der Waals surface area contributed by atoms with Crippen molar-refractivity contribution in [3.8, 4) is 0 Å². The minimum Gasteiger partial charge on any atom is -0.366 e. The van der Waals surface area contributed by atoms with Crippen LogP contribution in [0.3, 0.4) is 0 Å². The molecule has 92 valence electrons. The van der Waals surface area contributed by atoms with Crippen molar-refractivity contribution >= 4 is 17.0 Å². The van der Waals surface area contributed by atoms with E-state index >= 15 is 0 Å². The van der Waals surface area contributed by atoms with Gasteiger partial charge in [0.2, 0.25) is 0 Å². The van der Waals surface area contributed by atoms with E-state index in [0.29, 0.717) is 11.7 Å². The van der Waals surface area contributed by atoms with Gasteiger partial charge < -0.3 is 15.2 Å². The monoisotopic (exact) mass is 234 g/mol. The van der Waals surface area contributed by atoms with Crippen molar-refractivity contribution in [2.45, 2.75) is 19.4 Å². The van der Waals surface area contributed by atoms with Crippen LogP contribution in [-0.2, 0) is 0 Å². The first-order valence-electron chi connectivity index (χ1n) is 5.72. The predicted molar refractivity (Wildman–Crippen MR) is 67.9 cm³/mol. The average molecular weight is 234 g/mol. The SMILES string of the molecule is CC(CCN(C)C)Nc1ncnc2nc[nH]c12. The van der Waals surface area contributed by atoms with Gasteiger partial charge in [0.15, 0.2) is 11.5 Å². The standard InChI is InChI=1S/C11H18N6/c1-8(4-5-17(2)3)16-11-9-10(13-6-12-9)14-7-15-11/h6-8H,4-5H2,1-3H3,(H2,12,13,14,15,16). The number of nitrogens with zero attached hydrogens (tertiary/aromatic N) is 4. The highest BCUT2D eigenvalue weighted by Crippen LogP contribution is 2.15. The van der Waals surface area contributed by atoms with E-state index in [1.165, 1.54) is 6.33 Å². The summed E-state index contributed by atoms with van der Waals surface area (Å²) in [5.41, 5.74) is 1.56. The third-order valence-electron chi connectivity index (χ3n) is 2.62. The number of H-pyrrole nitrogens is 1. The molecule has 2 aromatic rings. The minimum atomic E-state index is 0.360. The van der Waals surface area contributed by atoms with Crippen molar-refractivity contribution in [1.29, 1.82) is 0 Å². The number of aromatic amines is 1. The van der Waals surface area contributed by atoms with Gasteiger partial charge in [-0.15, -0.1) is 0 Å². The van der Waals surface area contributed by atoms with Crippen molar-refractivity contribution in [2.75, 3.05) is 26.0 Å². The fourth-order valence-electron chi connectivity index (χ4n) is 1.63. The van der Waals surface area contributed by atoms with Crippen LogP contribution in [-0.4, -0.2) is 51.5 Å². The van der Waals surface area contributed by atoms with Gasteiger partial charge in [0.05, 0.1) is 6.33 Å². The molecule has 2 aromatic heterocycles. The van der Waals surface area contributed by atoms with Crippen LogP contribution in [0.1, 0.15) is 13.3 Å². The molecule has 0 aromatic carbocycles. The molecule has 6 heteroatoms. The predicted octanol–water partition coefficient (Wildman–Crippen LogP) is 1.10. The molecule has 2 rings (SSSR count). The Bertz CT molecular complexity index is 478. The zero-order valence-electron chi connectivity index (χ0n) is 10.4. The molecule has 0 aliphatic rings. The Morgan fingerprint density at radius 1 is 1.35 bits per heavy atom. The Kier molecular flexibility index (Phi) is 3.53. The molecule has 2 N–H and O–H groups in total. The van der Waals surface area contributed by atoms with Crippen LogP contribution in [0, 0.1) is 0 Å². The van der Waals surface area contributed by atoms with Gasteiger partial charge in [-0.05, 0) is 34.0 Å². The van der Waals surface area contributed by atoms with Gasteiger partial charge >= 0.3 is 0 Å². The molecule has 0 saturated carbocycles. The molecule has 6 nitrogen and oxygen atoms in total. The first-order valence-corrected chi connectivity index (χ1v) is 5.72. The highest BCUT2D eigenvalue weighted by Gasteiger charge is 2.08. The highest BCUT2D eigenvalue weighted by molar-refractivity contribution is 5.81. The van der Waals surface area contributed by atoms with Crippen LogP contribution < -0.4 is 5.32 Å². The largest absolute Gasteiger partial charge is 0.366 e. The van der Waals surface area contributed by atoms with Crippen molar-refractivity contribution in [1.82, 2.24) is 24.8 Å².